The highest BCUT2D eigenvalue weighted by atomic mass is 35.5. The lowest BCUT2D eigenvalue weighted by Gasteiger charge is -2.13. The second kappa shape index (κ2) is 6.37. The Morgan fingerprint density at radius 1 is 1.59 bits per heavy atom. The molecule has 1 aromatic rings. The minimum Gasteiger partial charge on any atom is -0.274 e. The highest BCUT2D eigenvalue weighted by Crippen LogP contribution is 2.11. The van der Waals surface area contributed by atoms with Crippen molar-refractivity contribution in [1.82, 2.24) is 14.5 Å². The minimum absolute atomic E-state index is 0.195. The van der Waals surface area contributed by atoms with Crippen molar-refractivity contribution in [2.75, 3.05) is 12.4 Å². The Morgan fingerprint density at radius 3 is 2.76 bits per heavy atom. The number of aromatic nitrogens is 2. The third kappa shape index (κ3) is 4.29. The SMILES string of the molecule is CCC(CCCl)CNS(=O)(=O)c1cnn(C)c1. The van der Waals surface area contributed by atoms with Crippen molar-refractivity contribution in [3.8, 4) is 0 Å². The maximum atomic E-state index is 11.9. The Hall–Kier alpha value is -0.590. The zero-order chi connectivity index (χ0) is 12.9. The van der Waals surface area contributed by atoms with Gasteiger partial charge in [-0.05, 0) is 12.3 Å². The van der Waals surface area contributed by atoms with Crippen molar-refractivity contribution in [3.63, 3.8) is 0 Å². The van der Waals surface area contributed by atoms with Crippen molar-refractivity contribution in [2.45, 2.75) is 24.7 Å². The summed E-state index contributed by atoms with van der Waals surface area (Å²) in [6.45, 7) is 2.44. The van der Waals surface area contributed by atoms with Gasteiger partial charge in [0.15, 0.2) is 0 Å². The number of sulfonamides is 1. The number of hydrogen-bond acceptors (Lipinski definition) is 3. The van der Waals surface area contributed by atoms with Gasteiger partial charge in [-0.15, -0.1) is 11.6 Å². The van der Waals surface area contributed by atoms with Gasteiger partial charge in [-0.3, -0.25) is 4.68 Å². The maximum absolute atomic E-state index is 11.9. The lowest BCUT2D eigenvalue weighted by molar-refractivity contribution is 0.481. The van der Waals surface area contributed by atoms with Crippen LogP contribution in [0.3, 0.4) is 0 Å². The van der Waals surface area contributed by atoms with Crippen molar-refractivity contribution in [1.29, 1.82) is 0 Å². The summed E-state index contributed by atoms with van der Waals surface area (Å²) in [5.41, 5.74) is 0. The van der Waals surface area contributed by atoms with Crippen LogP contribution in [0.5, 0.6) is 0 Å². The molecule has 1 unspecified atom stereocenters. The minimum atomic E-state index is -3.44. The Balaban J connectivity index is 2.61. The lowest BCUT2D eigenvalue weighted by Crippen LogP contribution is -2.29. The summed E-state index contributed by atoms with van der Waals surface area (Å²) in [7, 11) is -1.76. The van der Waals surface area contributed by atoms with Crippen LogP contribution in [0.4, 0.5) is 0 Å². The van der Waals surface area contributed by atoms with Gasteiger partial charge in [-0.1, -0.05) is 13.3 Å². The molecule has 0 aliphatic carbocycles. The molecule has 0 bridgehead atoms. The number of hydrogen-bond donors (Lipinski definition) is 1. The van der Waals surface area contributed by atoms with Crippen LogP contribution >= 0.6 is 11.6 Å². The van der Waals surface area contributed by atoms with Gasteiger partial charge in [0.25, 0.3) is 0 Å². The molecule has 1 heterocycles. The van der Waals surface area contributed by atoms with E-state index in [4.69, 9.17) is 11.6 Å². The van der Waals surface area contributed by atoms with Crippen LogP contribution in [-0.4, -0.2) is 30.6 Å². The molecular weight excluding hydrogens is 262 g/mol. The molecule has 98 valence electrons. The number of alkyl halides is 1. The topological polar surface area (TPSA) is 64.0 Å². The molecule has 0 radical (unpaired) electrons. The molecule has 0 aliphatic heterocycles. The van der Waals surface area contributed by atoms with Crippen molar-refractivity contribution >= 4 is 21.6 Å². The summed E-state index contributed by atoms with van der Waals surface area (Å²) < 4.78 is 27.8. The Labute approximate surface area is 107 Å². The van der Waals surface area contributed by atoms with E-state index in [1.165, 1.54) is 17.1 Å². The second-order valence-electron chi connectivity index (χ2n) is 3.95. The van der Waals surface area contributed by atoms with Gasteiger partial charge in [-0.25, -0.2) is 13.1 Å². The van der Waals surface area contributed by atoms with E-state index < -0.39 is 10.0 Å². The van der Waals surface area contributed by atoms with Gasteiger partial charge in [-0.2, -0.15) is 5.10 Å². The number of rotatable bonds is 7. The zero-order valence-electron chi connectivity index (χ0n) is 10.1. The Kier molecular flexibility index (Phi) is 5.42. The fourth-order valence-corrected chi connectivity index (χ4v) is 2.86. The van der Waals surface area contributed by atoms with E-state index in [-0.39, 0.29) is 10.8 Å². The molecule has 0 aliphatic rings. The smallest absolute Gasteiger partial charge is 0.243 e. The van der Waals surface area contributed by atoms with Gasteiger partial charge in [0.05, 0.1) is 6.20 Å². The number of halogens is 1. The second-order valence-corrected chi connectivity index (χ2v) is 6.10. The third-order valence-electron chi connectivity index (χ3n) is 2.65. The highest BCUT2D eigenvalue weighted by Gasteiger charge is 2.17. The number of nitrogens with zero attached hydrogens (tertiary/aromatic N) is 2. The van der Waals surface area contributed by atoms with Crippen LogP contribution < -0.4 is 4.72 Å². The van der Waals surface area contributed by atoms with Gasteiger partial charge in [0.1, 0.15) is 4.90 Å². The monoisotopic (exact) mass is 279 g/mol. The molecule has 17 heavy (non-hydrogen) atoms. The maximum Gasteiger partial charge on any atom is 0.243 e. The first kappa shape index (κ1) is 14.5. The molecule has 0 amide bonds. The van der Waals surface area contributed by atoms with Crippen molar-refractivity contribution in [2.24, 2.45) is 13.0 Å². The standard InChI is InChI=1S/C10H18ClN3O2S/c1-3-9(4-5-11)6-13-17(15,16)10-7-12-14(2)8-10/h7-9,13H,3-6H2,1-2H3. The molecule has 5 nitrogen and oxygen atoms in total. The van der Waals surface area contributed by atoms with Crippen LogP contribution in [0.1, 0.15) is 19.8 Å². The molecule has 0 fully saturated rings. The molecule has 1 atom stereocenters. The van der Waals surface area contributed by atoms with E-state index in [9.17, 15) is 8.42 Å². The predicted molar refractivity (Wildman–Crippen MR) is 67.5 cm³/mol. The molecule has 1 aromatic heterocycles. The van der Waals surface area contributed by atoms with E-state index in [1.54, 1.807) is 7.05 Å². The van der Waals surface area contributed by atoms with Crippen LogP contribution in [0, 0.1) is 5.92 Å². The quantitative estimate of drug-likeness (QED) is 0.767. The molecule has 1 N–H and O–H groups in total. The van der Waals surface area contributed by atoms with Crippen LogP contribution in [0.25, 0.3) is 0 Å². The summed E-state index contributed by atoms with van der Waals surface area (Å²) in [6.07, 6.45) is 4.53. The summed E-state index contributed by atoms with van der Waals surface area (Å²) in [5, 5.41) is 3.84. The van der Waals surface area contributed by atoms with Gasteiger partial charge < -0.3 is 0 Å². The molecule has 0 aromatic carbocycles. The highest BCUT2D eigenvalue weighted by molar-refractivity contribution is 7.89. The van der Waals surface area contributed by atoms with E-state index in [2.05, 4.69) is 9.82 Å². The summed E-state index contributed by atoms with van der Waals surface area (Å²) in [5.74, 6) is 0.826. The zero-order valence-corrected chi connectivity index (χ0v) is 11.6. The fraction of sp³-hybridized carbons (Fsp3) is 0.700. The summed E-state index contributed by atoms with van der Waals surface area (Å²) in [6, 6.07) is 0. The van der Waals surface area contributed by atoms with Crippen LogP contribution in [0.2, 0.25) is 0 Å². The van der Waals surface area contributed by atoms with Crippen molar-refractivity contribution < 1.29 is 8.42 Å². The molecule has 0 saturated heterocycles. The lowest BCUT2D eigenvalue weighted by atomic mass is 10.0. The van der Waals surface area contributed by atoms with Crippen LogP contribution in [-0.2, 0) is 17.1 Å². The normalized spacial score (nSPS) is 13.8. The Morgan fingerprint density at radius 2 is 2.29 bits per heavy atom. The van der Waals surface area contributed by atoms with E-state index in [0.717, 1.165) is 12.8 Å². The summed E-state index contributed by atoms with van der Waals surface area (Å²) >= 11 is 5.65. The first-order valence-corrected chi connectivity index (χ1v) is 7.55. The molecule has 0 spiro atoms. The van der Waals surface area contributed by atoms with E-state index in [1.807, 2.05) is 6.92 Å². The predicted octanol–water partition coefficient (Wildman–Crippen LogP) is 1.35. The molecule has 0 saturated carbocycles. The average molecular weight is 280 g/mol. The third-order valence-corrected chi connectivity index (χ3v) is 4.24. The van der Waals surface area contributed by atoms with Crippen LogP contribution in [0.15, 0.2) is 17.3 Å². The average Bonchev–Trinajstić information content (AvgIpc) is 2.72. The van der Waals surface area contributed by atoms with Gasteiger partial charge in [0.2, 0.25) is 10.0 Å². The molecule has 7 heteroatoms. The molecular formula is C10H18ClN3O2S. The van der Waals surface area contributed by atoms with Gasteiger partial charge >= 0.3 is 0 Å². The van der Waals surface area contributed by atoms with E-state index >= 15 is 0 Å². The largest absolute Gasteiger partial charge is 0.274 e. The Bertz CT molecular complexity index is 444. The number of nitrogens with one attached hydrogen (secondary N) is 1. The van der Waals surface area contributed by atoms with Gasteiger partial charge in [0, 0.05) is 25.7 Å². The van der Waals surface area contributed by atoms with E-state index in [0.29, 0.717) is 12.4 Å². The molecule has 1 rings (SSSR count). The number of aryl methyl sites for hydroxylation is 1. The first-order chi connectivity index (χ1) is 7.99. The van der Waals surface area contributed by atoms with Crippen molar-refractivity contribution in [3.05, 3.63) is 12.4 Å². The first-order valence-electron chi connectivity index (χ1n) is 5.54. The fourth-order valence-electron chi connectivity index (χ4n) is 1.45. The summed E-state index contributed by atoms with van der Waals surface area (Å²) in [4.78, 5) is 0.195.